The van der Waals surface area contributed by atoms with E-state index in [9.17, 15) is 4.79 Å². The van der Waals surface area contributed by atoms with Crippen LogP contribution in [-0.2, 0) is 4.79 Å². The first-order chi connectivity index (χ1) is 5.41. The summed E-state index contributed by atoms with van der Waals surface area (Å²) in [5.41, 5.74) is 2.56. The third kappa shape index (κ3) is 10.1. The van der Waals surface area contributed by atoms with Crippen LogP contribution in [0.15, 0.2) is 0 Å². The lowest BCUT2D eigenvalue weighted by atomic mass is 10.8. The van der Waals surface area contributed by atoms with Gasteiger partial charge in [0.2, 0.25) is 6.41 Å². The minimum Gasteiger partial charge on any atom is -0.358 e. The number of hydrazine groups is 1. The summed E-state index contributed by atoms with van der Waals surface area (Å²) in [4.78, 5) is 9.79. The molecule has 0 aromatic carbocycles. The summed E-state index contributed by atoms with van der Waals surface area (Å²) in [6, 6.07) is 0. The van der Waals surface area contributed by atoms with Crippen LogP contribution in [-0.4, -0.2) is 31.0 Å². The molecule has 0 aliphatic carbocycles. The molecular formula is C5H13N3OS2. The lowest BCUT2D eigenvalue weighted by Gasteiger charge is -1.99. The van der Waals surface area contributed by atoms with Crippen LogP contribution in [0.25, 0.3) is 0 Å². The second-order valence-corrected chi connectivity index (χ2v) is 4.37. The van der Waals surface area contributed by atoms with E-state index in [0.29, 0.717) is 6.41 Å². The van der Waals surface area contributed by atoms with E-state index in [1.165, 1.54) is 0 Å². The Bertz CT molecular complexity index is 93.8. The second-order valence-electron chi connectivity index (χ2n) is 1.67. The summed E-state index contributed by atoms with van der Waals surface area (Å²) in [7, 11) is 3.48. The van der Waals surface area contributed by atoms with E-state index < -0.39 is 0 Å². The molecule has 1 amide bonds. The molecule has 0 aromatic rings. The van der Waals surface area contributed by atoms with Gasteiger partial charge in [0.25, 0.3) is 0 Å². The molecular weight excluding hydrogens is 182 g/mol. The minimum atomic E-state index is 0.715. The van der Waals surface area contributed by atoms with Crippen molar-refractivity contribution in [3.8, 4) is 0 Å². The van der Waals surface area contributed by atoms with E-state index in [2.05, 4.69) is 10.7 Å². The molecule has 0 bridgehead atoms. The van der Waals surface area contributed by atoms with Crippen molar-refractivity contribution >= 4 is 28.0 Å². The van der Waals surface area contributed by atoms with Crippen LogP contribution in [0.4, 0.5) is 0 Å². The molecule has 0 unspecified atom stereocenters. The summed E-state index contributed by atoms with van der Waals surface area (Å²) >= 11 is 0. The van der Waals surface area contributed by atoms with Gasteiger partial charge in [-0.15, -0.1) is 0 Å². The molecule has 0 atom stereocenters. The normalized spacial score (nSPS) is 9.55. The van der Waals surface area contributed by atoms with E-state index in [0.717, 1.165) is 24.6 Å². The van der Waals surface area contributed by atoms with Gasteiger partial charge < -0.3 is 5.32 Å². The Balaban J connectivity index is 2.74. The molecule has 6 heteroatoms. The molecule has 4 nitrogen and oxygen atoms in total. The highest BCUT2D eigenvalue weighted by Crippen LogP contribution is 2.18. The lowest BCUT2D eigenvalue weighted by Crippen LogP contribution is -2.24. The highest BCUT2D eigenvalue weighted by Gasteiger charge is 1.88. The maximum atomic E-state index is 9.79. The maximum absolute atomic E-state index is 9.79. The Morgan fingerprint density at radius 1 is 1.27 bits per heavy atom. The first-order valence-corrected chi connectivity index (χ1v) is 5.75. The van der Waals surface area contributed by atoms with Crippen LogP contribution in [0, 0.1) is 0 Å². The maximum Gasteiger partial charge on any atom is 0.207 e. The van der Waals surface area contributed by atoms with Crippen molar-refractivity contribution in [1.29, 1.82) is 0 Å². The Labute approximate surface area is 74.4 Å². The zero-order valence-electron chi connectivity index (χ0n) is 6.21. The summed E-state index contributed by atoms with van der Waals surface area (Å²) in [6.45, 7) is 1.55. The van der Waals surface area contributed by atoms with Crippen LogP contribution >= 0.6 is 21.6 Å². The van der Waals surface area contributed by atoms with Gasteiger partial charge in [-0.1, -0.05) is 21.6 Å². The second kappa shape index (κ2) is 10.1. The fourth-order valence-corrected chi connectivity index (χ4v) is 2.22. The van der Waals surface area contributed by atoms with Gasteiger partial charge in [0.15, 0.2) is 0 Å². The van der Waals surface area contributed by atoms with Crippen molar-refractivity contribution in [2.24, 2.45) is 5.84 Å². The summed E-state index contributed by atoms with van der Waals surface area (Å²) in [5, 5.41) is 2.58. The number of nitrogens with one attached hydrogen (secondary N) is 2. The van der Waals surface area contributed by atoms with Crippen molar-refractivity contribution in [1.82, 2.24) is 10.7 Å². The van der Waals surface area contributed by atoms with Gasteiger partial charge >= 0.3 is 0 Å². The van der Waals surface area contributed by atoms with Gasteiger partial charge in [-0.3, -0.25) is 16.1 Å². The monoisotopic (exact) mass is 195 g/mol. The van der Waals surface area contributed by atoms with Crippen molar-refractivity contribution in [2.45, 2.75) is 0 Å². The average molecular weight is 195 g/mol. The van der Waals surface area contributed by atoms with Gasteiger partial charge in [0.05, 0.1) is 0 Å². The molecule has 66 valence electrons. The van der Waals surface area contributed by atoms with Crippen LogP contribution in [0.5, 0.6) is 0 Å². The van der Waals surface area contributed by atoms with Crippen molar-refractivity contribution in [3.63, 3.8) is 0 Å². The molecule has 0 heterocycles. The van der Waals surface area contributed by atoms with Gasteiger partial charge in [-0.2, -0.15) is 0 Å². The highest BCUT2D eigenvalue weighted by molar-refractivity contribution is 8.76. The molecule has 11 heavy (non-hydrogen) atoms. The fourth-order valence-electron chi connectivity index (χ4n) is 0.378. The lowest BCUT2D eigenvalue weighted by molar-refractivity contribution is -0.109. The molecule has 0 saturated heterocycles. The SMILES string of the molecule is NNCCSSCCNC=O. The highest BCUT2D eigenvalue weighted by atomic mass is 33.1. The summed E-state index contributed by atoms with van der Waals surface area (Å²) in [5.74, 6) is 6.99. The molecule has 0 spiro atoms. The molecule has 0 saturated carbocycles. The summed E-state index contributed by atoms with van der Waals surface area (Å²) in [6.07, 6.45) is 0.715. The van der Waals surface area contributed by atoms with E-state index in [1.807, 2.05) is 0 Å². The third-order valence-electron chi connectivity index (χ3n) is 0.826. The standard InChI is InChI=1S/C5H13N3OS2/c6-8-2-4-11-10-3-1-7-5-9/h5,8H,1-4,6H2,(H,7,9). The predicted octanol–water partition coefficient (Wildman–Crippen LogP) is -0.423. The van der Waals surface area contributed by atoms with Gasteiger partial charge in [0, 0.05) is 24.6 Å². The quantitative estimate of drug-likeness (QED) is 0.161. The molecule has 0 rings (SSSR count). The van der Waals surface area contributed by atoms with Gasteiger partial charge in [-0.05, 0) is 0 Å². The van der Waals surface area contributed by atoms with Gasteiger partial charge in [0.1, 0.15) is 0 Å². The zero-order valence-corrected chi connectivity index (χ0v) is 7.84. The molecule has 0 radical (unpaired) electrons. The average Bonchev–Trinajstić information content (AvgIpc) is 2.03. The molecule has 4 N–H and O–H groups in total. The van der Waals surface area contributed by atoms with E-state index in [4.69, 9.17) is 5.84 Å². The Morgan fingerprint density at radius 3 is 2.45 bits per heavy atom. The first-order valence-electron chi connectivity index (χ1n) is 3.26. The van der Waals surface area contributed by atoms with Crippen LogP contribution < -0.4 is 16.6 Å². The zero-order chi connectivity index (χ0) is 8.36. The first kappa shape index (κ1) is 11.1. The third-order valence-corrected chi connectivity index (χ3v) is 3.23. The number of carbonyl (C=O) groups excluding carboxylic acids is 1. The number of carbonyl (C=O) groups is 1. The number of nitrogens with two attached hydrogens (primary N) is 1. The Hall–Kier alpha value is 0.0900. The number of hydrogen-bond acceptors (Lipinski definition) is 5. The van der Waals surface area contributed by atoms with Crippen LogP contribution in [0.2, 0.25) is 0 Å². The topological polar surface area (TPSA) is 67.2 Å². The Morgan fingerprint density at radius 2 is 1.91 bits per heavy atom. The smallest absolute Gasteiger partial charge is 0.207 e. The predicted molar refractivity (Wildman–Crippen MR) is 51.2 cm³/mol. The minimum absolute atomic E-state index is 0.715. The largest absolute Gasteiger partial charge is 0.358 e. The van der Waals surface area contributed by atoms with E-state index in [1.54, 1.807) is 21.6 Å². The van der Waals surface area contributed by atoms with Crippen molar-refractivity contribution in [3.05, 3.63) is 0 Å². The summed E-state index contributed by atoms with van der Waals surface area (Å²) < 4.78 is 0. The molecule has 0 fully saturated rings. The number of rotatable bonds is 8. The fraction of sp³-hybridized carbons (Fsp3) is 0.800. The molecule has 0 aromatic heterocycles. The van der Waals surface area contributed by atoms with Crippen molar-refractivity contribution < 1.29 is 4.79 Å². The molecule has 0 aliphatic heterocycles. The molecule has 0 aliphatic rings. The van der Waals surface area contributed by atoms with Gasteiger partial charge in [-0.25, -0.2) is 0 Å². The number of hydrogen-bond donors (Lipinski definition) is 3. The van der Waals surface area contributed by atoms with Crippen LogP contribution in [0.1, 0.15) is 0 Å². The Kier molecular flexibility index (Phi) is 10.2. The van der Waals surface area contributed by atoms with E-state index in [-0.39, 0.29) is 0 Å². The number of amides is 1. The van der Waals surface area contributed by atoms with Crippen molar-refractivity contribution in [2.75, 3.05) is 24.6 Å². The van der Waals surface area contributed by atoms with E-state index >= 15 is 0 Å². The van der Waals surface area contributed by atoms with Crippen LogP contribution in [0.3, 0.4) is 0 Å².